The van der Waals surface area contributed by atoms with Crippen molar-refractivity contribution in [2.24, 2.45) is 0 Å². The minimum absolute atomic E-state index is 0.133. The van der Waals surface area contributed by atoms with Crippen LogP contribution in [-0.2, 0) is 11.3 Å². The van der Waals surface area contributed by atoms with Crippen molar-refractivity contribution in [1.82, 2.24) is 9.88 Å². The molecule has 0 saturated carbocycles. The molecule has 0 aliphatic carbocycles. The van der Waals surface area contributed by atoms with Crippen LogP contribution in [0.25, 0.3) is 0 Å². The lowest BCUT2D eigenvalue weighted by atomic mass is 10.3. The van der Waals surface area contributed by atoms with Gasteiger partial charge in [0.05, 0.1) is 26.0 Å². The molecule has 0 saturated heterocycles. The number of aliphatic hydroxyl groups excluding tert-OH is 1. The molecule has 0 aromatic carbocycles. The largest absolute Gasteiger partial charge is 0.481 e. The third-order valence-electron chi connectivity index (χ3n) is 2.40. The second-order valence-corrected chi connectivity index (χ2v) is 3.66. The smallest absolute Gasteiger partial charge is 0.213 e. The number of pyridine rings is 1. The van der Waals surface area contributed by atoms with Crippen LogP contribution in [0.2, 0.25) is 0 Å². The summed E-state index contributed by atoms with van der Waals surface area (Å²) in [6.07, 6.45) is 0. The molecule has 5 heteroatoms. The maximum absolute atomic E-state index is 8.99. The summed E-state index contributed by atoms with van der Waals surface area (Å²) in [5.74, 6) is 0.609. The van der Waals surface area contributed by atoms with Gasteiger partial charge < -0.3 is 14.6 Å². The van der Waals surface area contributed by atoms with Crippen molar-refractivity contribution < 1.29 is 14.6 Å². The minimum atomic E-state index is 0.133. The molecule has 0 fully saturated rings. The summed E-state index contributed by atoms with van der Waals surface area (Å²) in [5.41, 5.74) is 0.925. The van der Waals surface area contributed by atoms with Crippen molar-refractivity contribution in [1.29, 1.82) is 0 Å². The first kappa shape index (κ1) is 13.9. The molecule has 0 bridgehead atoms. The van der Waals surface area contributed by atoms with Crippen LogP contribution >= 0.6 is 0 Å². The van der Waals surface area contributed by atoms with Gasteiger partial charge in [0.2, 0.25) is 5.88 Å². The van der Waals surface area contributed by atoms with Gasteiger partial charge in [0.25, 0.3) is 0 Å². The Bertz CT molecular complexity index is 320. The summed E-state index contributed by atoms with van der Waals surface area (Å²) in [6.45, 7) is 2.84. The summed E-state index contributed by atoms with van der Waals surface area (Å²) >= 11 is 0. The molecule has 0 atom stereocenters. The first-order valence-corrected chi connectivity index (χ1v) is 5.62. The van der Waals surface area contributed by atoms with Gasteiger partial charge in [0.1, 0.15) is 0 Å². The fraction of sp³-hybridized carbons (Fsp3) is 0.583. The zero-order chi connectivity index (χ0) is 12.5. The highest BCUT2D eigenvalue weighted by Crippen LogP contribution is 2.08. The van der Waals surface area contributed by atoms with E-state index in [1.165, 1.54) is 0 Å². The van der Waals surface area contributed by atoms with E-state index in [-0.39, 0.29) is 6.61 Å². The fourth-order valence-electron chi connectivity index (χ4n) is 1.52. The van der Waals surface area contributed by atoms with Crippen LogP contribution in [0, 0.1) is 0 Å². The lowest BCUT2D eigenvalue weighted by Gasteiger charge is -2.20. The van der Waals surface area contributed by atoms with Gasteiger partial charge >= 0.3 is 0 Å². The first-order chi connectivity index (χ1) is 8.30. The van der Waals surface area contributed by atoms with Gasteiger partial charge in [-0.25, -0.2) is 4.98 Å². The number of hydrogen-bond donors (Lipinski definition) is 1. The Balaban J connectivity index is 2.57. The average molecular weight is 240 g/mol. The van der Waals surface area contributed by atoms with Gasteiger partial charge in [-0.2, -0.15) is 0 Å². The molecular formula is C12H20N2O3. The number of aromatic nitrogens is 1. The summed E-state index contributed by atoms with van der Waals surface area (Å²) < 4.78 is 10.1. The lowest BCUT2D eigenvalue weighted by molar-refractivity contribution is 0.126. The number of ether oxygens (including phenoxy) is 2. The Morgan fingerprint density at radius 3 is 2.76 bits per heavy atom. The van der Waals surface area contributed by atoms with Crippen molar-refractivity contribution in [3.05, 3.63) is 23.9 Å². The first-order valence-electron chi connectivity index (χ1n) is 5.62. The molecule has 1 N–H and O–H groups in total. The van der Waals surface area contributed by atoms with Crippen molar-refractivity contribution in [2.75, 3.05) is 40.5 Å². The van der Waals surface area contributed by atoms with E-state index in [4.69, 9.17) is 14.6 Å². The Hall–Kier alpha value is -1.17. The van der Waals surface area contributed by atoms with E-state index in [1.807, 2.05) is 18.2 Å². The maximum atomic E-state index is 8.99. The summed E-state index contributed by atoms with van der Waals surface area (Å²) in [5, 5.41) is 8.99. The van der Waals surface area contributed by atoms with E-state index in [9.17, 15) is 0 Å². The molecule has 0 spiro atoms. The molecule has 1 aromatic heterocycles. The van der Waals surface area contributed by atoms with Crippen LogP contribution in [0.5, 0.6) is 5.88 Å². The van der Waals surface area contributed by atoms with Crippen LogP contribution in [0.4, 0.5) is 0 Å². The quantitative estimate of drug-likeness (QED) is 0.718. The van der Waals surface area contributed by atoms with Gasteiger partial charge in [0, 0.05) is 32.8 Å². The highest BCUT2D eigenvalue weighted by molar-refractivity contribution is 5.15. The van der Waals surface area contributed by atoms with Gasteiger partial charge in [0.15, 0.2) is 0 Å². The van der Waals surface area contributed by atoms with E-state index in [0.717, 1.165) is 12.2 Å². The molecule has 0 aliphatic rings. The number of aliphatic hydroxyl groups is 1. The van der Waals surface area contributed by atoms with Crippen molar-refractivity contribution in [3.8, 4) is 5.88 Å². The molecule has 1 aromatic rings. The second kappa shape index (κ2) is 8.00. The third-order valence-corrected chi connectivity index (χ3v) is 2.40. The molecule has 0 radical (unpaired) electrons. The molecule has 0 aliphatic heterocycles. The van der Waals surface area contributed by atoms with Crippen LogP contribution in [0.1, 0.15) is 5.69 Å². The molecule has 1 rings (SSSR count). The minimum Gasteiger partial charge on any atom is -0.481 e. The van der Waals surface area contributed by atoms with Gasteiger partial charge in [-0.1, -0.05) is 6.07 Å². The van der Waals surface area contributed by atoms with E-state index in [2.05, 4.69) is 9.88 Å². The van der Waals surface area contributed by atoms with E-state index in [0.29, 0.717) is 25.6 Å². The maximum Gasteiger partial charge on any atom is 0.213 e. The van der Waals surface area contributed by atoms with E-state index in [1.54, 1.807) is 14.2 Å². The summed E-state index contributed by atoms with van der Waals surface area (Å²) in [7, 11) is 3.27. The molecule has 5 nitrogen and oxygen atoms in total. The second-order valence-electron chi connectivity index (χ2n) is 3.66. The normalized spacial score (nSPS) is 10.8. The molecular weight excluding hydrogens is 220 g/mol. The van der Waals surface area contributed by atoms with Crippen LogP contribution in [0.3, 0.4) is 0 Å². The Labute approximate surface area is 102 Å². The van der Waals surface area contributed by atoms with Crippen molar-refractivity contribution in [2.45, 2.75) is 6.54 Å². The zero-order valence-electron chi connectivity index (χ0n) is 10.4. The highest BCUT2D eigenvalue weighted by atomic mass is 16.5. The molecule has 1 heterocycles. The van der Waals surface area contributed by atoms with Crippen LogP contribution in [0.15, 0.2) is 18.2 Å². The predicted molar refractivity (Wildman–Crippen MR) is 65.0 cm³/mol. The predicted octanol–water partition coefficient (Wildman–Crippen LogP) is 0.531. The van der Waals surface area contributed by atoms with E-state index < -0.39 is 0 Å². The number of rotatable bonds is 8. The van der Waals surface area contributed by atoms with Gasteiger partial charge in [-0.05, 0) is 6.07 Å². The number of nitrogens with zero attached hydrogens (tertiary/aromatic N) is 2. The third kappa shape index (κ3) is 5.12. The summed E-state index contributed by atoms with van der Waals surface area (Å²) in [6, 6.07) is 5.67. The van der Waals surface area contributed by atoms with Crippen LogP contribution in [-0.4, -0.2) is 55.5 Å². The average Bonchev–Trinajstić information content (AvgIpc) is 2.36. The standard InChI is InChI=1S/C12H20N2O3/c1-16-9-7-14(6-8-15)10-11-4-3-5-12(13-11)17-2/h3-5,15H,6-10H2,1-2H3. The molecule has 17 heavy (non-hydrogen) atoms. The fourth-order valence-corrected chi connectivity index (χ4v) is 1.52. The Morgan fingerprint density at radius 1 is 1.29 bits per heavy atom. The van der Waals surface area contributed by atoms with Crippen molar-refractivity contribution >= 4 is 0 Å². The number of methoxy groups -OCH3 is 2. The SMILES string of the molecule is COCCN(CCO)Cc1cccc(OC)n1. The monoisotopic (exact) mass is 240 g/mol. The molecule has 0 amide bonds. The molecule has 0 unspecified atom stereocenters. The highest BCUT2D eigenvalue weighted by Gasteiger charge is 2.06. The lowest BCUT2D eigenvalue weighted by Crippen LogP contribution is -2.30. The van der Waals surface area contributed by atoms with E-state index >= 15 is 0 Å². The number of hydrogen-bond acceptors (Lipinski definition) is 5. The van der Waals surface area contributed by atoms with Gasteiger partial charge in [-0.3, -0.25) is 4.90 Å². The topological polar surface area (TPSA) is 54.8 Å². The Morgan fingerprint density at radius 2 is 2.12 bits per heavy atom. The summed E-state index contributed by atoms with van der Waals surface area (Å²) in [4.78, 5) is 6.42. The van der Waals surface area contributed by atoms with Crippen LogP contribution < -0.4 is 4.74 Å². The van der Waals surface area contributed by atoms with Gasteiger partial charge in [-0.15, -0.1) is 0 Å². The molecule has 96 valence electrons. The van der Waals surface area contributed by atoms with Crippen molar-refractivity contribution in [3.63, 3.8) is 0 Å². The Kier molecular flexibility index (Phi) is 6.54. The zero-order valence-corrected chi connectivity index (χ0v) is 10.4.